The van der Waals surface area contributed by atoms with Gasteiger partial charge in [-0.1, -0.05) is 12.1 Å². The Morgan fingerprint density at radius 2 is 2.14 bits per heavy atom. The number of thioether (sulfide) groups is 1. The Hall–Kier alpha value is -1.36. The fourth-order valence-electron chi connectivity index (χ4n) is 2.19. The number of amides is 1. The standard InChI is InChI=1S/C16H23NO3S/c1-16(2,3)20-15(18)17-8-9-21-14(11-17)12-6-5-7-13(10-12)19-4/h5-7,10,14H,8-9,11H2,1-4H3. The first kappa shape index (κ1) is 16.0. The third-order valence-electron chi connectivity index (χ3n) is 3.18. The van der Waals surface area contributed by atoms with Crippen LogP contribution in [0.15, 0.2) is 24.3 Å². The fourth-order valence-corrected chi connectivity index (χ4v) is 3.42. The molecule has 0 aromatic heterocycles. The lowest BCUT2D eigenvalue weighted by molar-refractivity contribution is 0.0257. The highest BCUT2D eigenvalue weighted by Gasteiger charge is 2.28. The molecule has 1 fully saturated rings. The first-order chi connectivity index (χ1) is 9.89. The summed E-state index contributed by atoms with van der Waals surface area (Å²) in [5.74, 6) is 1.77. The molecule has 0 N–H and O–H groups in total. The molecule has 4 nitrogen and oxygen atoms in total. The van der Waals surface area contributed by atoms with Crippen molar-refractivity contribution in [3.05, 3.63) is 29.8 Å². The third-order valence-corrected chi connectivity index (χ3v) is 4.43. The van der Waals surface area contributed by atoms with Crippen LogP contribution < -0.4 is 4.74 Å². The van der Waals surface area contributed by atoms with Gasteiger partial charge in [-0.3, -0.25) is 0 Å². The molecule has 1 saturated heterocycles. The summed E-state index contributed by atoms with van der Waals surface area (Å²) in [5.41, 5.74) is 0.736. The van der Waals surface area contributed by atoms with Crippen LogP contribution >= 0.6 is 11.8 Å². The van der Waals surface area contributed by atoms with Gasteiger partial charge in [0.25, 0.3) is 0 Å². The highest BCUT2D eigenvalue weighted by atomic mass is 32.2. The predicted molar refractivity (Wildman–Crippen MR) is 86.0 cm³/mol. The number of rotatable bonds is 2. The predicted octanol–water partition coefficient (Wildman–Crippen LogP) is 3.72. The van der Waals surface area contributed by atoms with Gasteiger partial charge in [0, 0.05) is 24.1 Å². The van der Waals surface area contributed by atoms with Gasteiger partial charge in [0.2, 0.25) is 0 Å². The minimum atomic E-state index is -0.451. The Morgan fingerprint density at radius 1 is 1.38 bits per heavy atom. The van der Waals surface area contributed by atoms with Crippen molar-refractivity contribution >= 4 is 17.9 Å². The van der Waals surface area contributed by atoms with Gasteiger partial charge in [-0.05, 0) is 38.5 Å². The topological polar surface area (TPSA) is 38.8 Å². The van der Waals surface area contributed by atoms with Crippen molar-refractivity contribution in [3.8, 4) is 5.75 Å². The van der Waals surface area contributed by atoms with E-state index in [1.165, 1.54) is 5.56 Å². The first-order valence-electron chi connectivity index (χ1n) is 7.12. The number of nitrogens with zero attached hydrogens (tertiary/aromatic N) is 1. The van der Waals surface area contributed by atoms with Gasteiger partial charge in [0.1, 0.15) is 11.4 Å². The maximum absolute atomic E-state index is 12.2. The summed E-state index contributed by atoms with van der Waals surface area (Å²) in [6, 6.07) is 8.04. The van der Waals surface area contributed by atoms with E-state index >= 15 is 0 Å². The second kappa shape index (κ2) is 6.60. The van der Waals surface area contributed by atoms with Gasteiger partial charge in [-0.15, -0.1) is 0 Å². The smallest absolute Gasteiger partial charge is 0.410 e. The van der Waals surface area contributed by atoms with Crippen LogP contribution in [0.2, 0.25) is 0 Å². The molecule has 1 atom stereocenters. The summed E-state index contributed by atoms with van der Waals surface area (Å²) in [4.78, 5) is 14.0. The van der Waals surface area contributed by atoms with E-state index in [4.69, 9.17) is 9.47 Å². The number of benzene rings is 1. The zero-order chi connectivity index (χ0) is 15.5. The number of hydrogen-bond acceptors (Lipinski definition) is 4. The molecule has 1 amide bonds. The average Bonchev–Trinajstić information content (AvgIpc) is 2.46. The average molecular weight is 309 g/mol. The molecule has 0 radical (unpaired) electrons. The van der Waals surface area contributed by atoms with Gasteiger partial charge in [-0.2, -0.15) is 11.8 Å². The van der Waals surface area contributed by atoms with Crippen LogP contribution in [0.1, 0.15) is 31.6 Å². The summed E-state index contributed by atoms with van der Waals surface area (Å²) < 4.78 is 10.7. The van der Waals surface area contributed by atoms with E-state index in [9.17, 15) is 4.79 Å². The highest BCUT2D eigenvalue weighted by Crippen LogP contribution is 2.35. The molecule has 0 bridgehead atoms. The van der Waals surface area contributed by atoms with Crippen molar-refractivity contribution in [2.45, 2.75) is 31.6 Å². The molecule has 1 aliphatic rings. The van der Waals surface area contributed by atoms with Crippen molar-refractivity contribution in [2.24, 2.45) is 0 Å². The number of hydrogen-bond donors (Lipinski definition) is 0. The van der Waals surface area contributed by atoms with Crippen molar-refractivity contribution in [1.82, 2.24) is 4.90 Å². The molecular formula is C16H23NO3S. The van der Waals surface area contributed by atoms with Gasteiger partial charge >= 0.3 is 6.09 Å². The second-order valence-electron chi connectivity index (χ2n) is 6.06. The van der Waals surface area contributed by atoms with E-state index in [0.717, 1.165) is 18.0 Å². The summed E-state index contributed by atoms with van der Waals surface area (Å²) in [6.45, 7) is 7.09. The Bertz CT molecular complexity index is 499. The molecule has 1 aromatic rings. The quantitative estimate of drug-likeness (QED) is 0.834. The molecule has 0 spiro atoms. The van der Waals surface area contributed by atoms with Crippen molar-refractivity contribution in [3.63, 3.8) is 0 Å². The summed E-state index contributed by atoms with van der Waals surface area (Å²) >= 11 is 1.87. The van der Waals surface area contributed by atoms with E-state index in [1.54, 1.807) is 12.0 Å². The number of carbonyl (C=O) groups is 1. The normalized spacial score (nSPS) is 19.2. The van der Waals surface area contributed by atoms with Gasteiger partial charge in [-0.25, -0.2) is 4.79 Å². The molecule has 1 heterocycles. The molecule has 1 aromatic carbocycles. The zero-order valence-corrected chi connectivity index (χ0v) is 13.9. The third kappa shape index (κ3) is 4.56. The Labute approximate surface area is 130 Å². The lowest BCUT2D eigenvalue weighted by Crippen LogP contribution is -2.42. The van der Waals surface area contributed by atoms with Crippen molar-refractivity contribution < 1.29 is 14.3 Å². The largest absolute Gasteiger partial charge is 0.497 e. The zero-order valence-electron chi connectivity index (χ0n) is 13.1. The maximum atomic E-state index is 12.2. The molecular weight excluding hydrogens is 286 g/mol. The molecule has 21 heavy (non-hydrogen) atoms. The lowest BCUT2D eigenvalue weighted by atomic mass is 10.1. The molecule has 0 saturated carbocycles. The Morgan fingerprint density at radius 3 is 2.81 bits per heavy atom. The van der Waals surface area contributed by atoms with E-state index < -0.39 is 5.60 Å². The minimum absolute atomic E-state index is 0.226. The summed E-state index contributed by atoms with van der Waals surface area (Å²) in [5, 5.41) is 0.265. The van der Waals surface area contributed by atoms with Gasteiger partial charge in [0.15, 0.2) is 0 Å². The van der Waals surface area contributed by atoms with E-state index in [2.05, 4.69) is 6.07 Å². The Kier molecular flexibility index (Phi) is 5.04. The van der Waals surface area contributed by atoms with Crippen molar-refractivity contribution in [1.29, 1.82) is 0 Å². The minimum Gasteiger partial charge on any atom is -0.497 e. The Balaban J connectivity index is 2.04. The SMILES string of the molecule is COc1cccc(C2CN(C(=O)OC(C)(C)C)CCS2)c1. The van der Waals surface area contributed by atoms with Gasteiger partial charge in [0.05, 0.1) is 7.11 Å². The maximum Gasteiger partial charge on any atom is 0.410 e. The fraction of sp³-hybridized carbons (Fsp3) is 0.562. The molecule has 0 aliphatic carbocycles. The van der Waals surface area contributed by atoms with Crippen LogP contribution in [0.5, 0.6) is 5.75 Å². The summed E-state index contributed by atoms with van der Waals surface area (Å²) in [6.07, 6.45) is -0.226. The van der Waals surface area contributed by atoms with Crippen LogP contribution in [0, 0.1) is 0 Å². The van der Waals surface area contributed by atoms with Gasteiger partial charge < -0.3 is 14.4 Å². The van der Waals surface area contributed by atoms with E-state index in [-0.39, 0.29) is 11.3 Å². The van der Waals surface area contributed by atoms with Crippen LogP contribution in [0.4, 0.5) is 4.79 Å². The molecule has 1 unspecified atom stereocenters. The monoisotopic (exact) mass is 309 g/mol. The summed E-state index contributed by atoms with van der Waals surface area (Å²) in [7, 11) is 1.67. The van der Waals surface area contributed by atoms with Crippen LogP contribution in [0.25, 0.3) is 0 Å². The highest BCUT2D eigenvalue weighted by molar-refractivity contribution is 7.99. The molecule has 1 aliphatic heterocycles. The number of methoxy groups -OCH3 is 1. The molecule has 2 rings (SSSR count). The lowest BCUT2D eigenvalue weighted by Gasteiger charge is -2.34. The number of ether oxygens (including phenoxy) is 2. The number of carbonyl (C=O) groups excluding carboxylic acids is 1. The molecule has 116 valence electrons. The van der Waals surface area contributed by atoms with Crippen LogP contribution in [-0.4, -0.2) is 42.5 Å². The van der Waals surface area contributed by atoms with E-state index in [1.807, 2.05) is 50.7 Å². The van der Waals surface area contributed by atoms with E-state index in [0.29, 0.717) is 6.54 Å². The van der Waals surface area contributed by atoms with Crippen molar-refractivity contribution in [2.75, 3.05) is 26.0 Å². The first-order valence-corrected chi connectivity index (χ1v) is 8.17. The second-order valence-corrected chi connectivity index (χ2v) is 7.37. The molecule has 5 heteroatoms. The van der Waals surface area contributed by atoms with Crippen LogP contribution in [0.3, 0.4) is 0 Å². The van der Waals surface area contributed by atoms with Crippen LogP contribution in [-0.2, 0) is 4.74 Å².